The molecule has 8 heteroatoms. The zero-order valence-electron chi connectivity index (χ0n) is 11.7. The van der Waals surface area contributed by atoms with Crippen LogP contribution in [0.2, 0.25) is 0 Å². The minimum Gasteiger partial charge on any atom is -0.492 e. The average Bonchev–Trinajstić information content (AvgIpc) is 2.89. The SMILES string of the molecule is O=C(NCCOc1ccc(C(F)(F)F)cc1)[C@@H]1C[C@@H](O)CN1. The zero-order valence-corrected chi connectivity index (χ0v) is 11.7. The molecule has 2 rings (SSSR count). The van der Waals surface area contributed by atoms with Crippen molar-refractivity contribution in [1.29, 1.82) is 0 Å². The molecule has 1 heterocycles. The molecule has 0 radical (unpaired) electrons. The van der Waals surface area contributed by atoms with E-state index >= 15 is 0 Å². The Kier molecular flexibility index (Phi) is 5.25. The number of carbonyl (C=O) groups excluding carboxylic acids is 1. The Hall–Kier alpha value is -1.80. The fraction of sp³-hybridized carbons (Fsp3) is 0.500. The van der Waals surface area contributed by atoms with Crippen molar-refractivity contribution in [2.45, 2.75) is 24.7 Å². The van der Waals surface area contributed by atoms with Crippen molar-refractivity contribution < 1.29 is 27.8 Å². The Bertz CT molecular complexity index is 505. The summed E-state index contributed by atoms with van der Waals surface area (Å²) in [6.07, 6.45) is -4.52. The van der Waals surface area contributed by atoms with Gasteiger partial charge in [-0.1, -0.05) is 0 Å². The van der Waals surface area contributed by atoms with Gasteiger partial charge in [0.2, 0.25) is 5.91 Å². The van der Waals surface area contributed by atoms with Crippen LogP contribution in [0.15, 0.2) is 24.3 Å². The highest BCUT2D eigenvalue weighted by Crippen LogP contribution is 2.30. The number of hydrogen-bond acceptors (Lipinski definition) is 4. The quantitative estimate of drug-likeness (QED) is 0.706. The van der Waals surface area contributed by atoms with Crippen LogP contribution in [0.4, 0.5) is 13.2 Å². The van der Waals surface area contributed by atoms with Crippen molar-refractivity contribution in [3.8, 4) is 5.75 Å². The van der Waals surface area contributed by atoms with Gasteiger partial charge in [-0.15, -0.1) is 0 Å². The molecule has 1 aliphatic heterocycles. The number of halogens is 3. The molecule has 1 saturated heterocycles. The summed E-state index contributed by atoms with van der Waals surface area (Å²) >= 11 is 0. The summed E-state index contributed by atoms with van der Waals surface area (Å²) in [6, 6.07) is 3.94. The third kappa shape index (κ3) is 4.60. The summed E-state index contributed by atoms with van der Waals surface area (Å²) in [4.78, 5) is 11.7. The van der Waals surface area contributed by atoms with Crippen molar-refractivity contribution in [2.75, 3.05) is 19.7 Å². The highest BCUT2D eigenvalue weighted by molar-refractivity contribution is 5.82. The molecule has 5 nitrogen and oxygen atoms in total. The first-order valence-corrected chi connectivity index (χ1v) is 6.85. The third-order valence-corrected chi connectivity index (χ3v) is 3.28. The van der Waals surface area contributed by atoms with E-state index in [1.54, 1.807) is 0 Å². The van der Waals surface area contributed by atoms with Gasteiger partial charge in [0, 0.05) is 6.54 Å². The van der Waals surface area contributed by atoms with E-state index in [0.717, 1.165) is 12.1 Å². The first kappa shape index (κ1) is 16.6. The zero-order chi connectivity index (χ0) is 16.2. The summed E-state index contributed by atoms with van der Waals surface area (Å²) in [5, 5.41) is 14.8. The van der Waals surface area contributed by atoms with Gasteiger partial charge in [-0.05, 0) is 30.7 Å². The van der Waals surface area contributed by atoms with Crippen LogP contribution in [-0.2, 0) is 11.0 Å². The van der Waals surface area contributed by atoms with Gasteiger partial charge in [0.25, 0.3) is 0 Å². The first-order chi connectivity index (χ1) is 10.4. The van der Waals surface area contributed by atoms with Gasteiger partial charge >= 0.3 is 6.18 Å². The monoisotopic (exact) mass is 318 g/mol. The number of hydrogen-bond donors (Lipinski definition) is 3. The molecule has 0 aliphatic carbocycles. The lowest BCUT2D eigenvalue weighted by molar-refractivity contribution is -0.137. The lowest BCUT2D eigenvalue weighted by Crippen LogP contribution is -2.41. The van der Waals surface area contributed by atoms with Crippen molar-refractivity contribution in [3.05, 3.63) is 29.8 Å². The number of benzene rings is 1. The van der Waals surface area contributed by atoms with Crippen molar-refractivity contribution in [3.63, 3.8) is 0 Å². The molecule has 2 atom stereocenters. The van der Waals surface area contributed by atoms with Crippen LogP contribution < -0.4 is 15.4 Å². The Morgan fingerprint density at radius 2 is 2.05 bits per heavy atom. The van der Waals surface area contributed by atoms with E-state index in [1.165, 1.54) is 12.1 Å². The number of β-amino-alcohol motifs (C(OH)–C–C–N with tert-alkyl or cyclic N) is 1. The fourth-order valence-corrected chi connectivity index (χ4v) is 2.12. The van der Waals surface area contributed by atoms with Crippen molar-refractivity contribution >= 4 is 5.91 Å². The average molecular weight is 318 g/mol. The van der Waals surface area contributed by atoms with Crippen LogP contribution in [-0.4, -0.2) is 42.9 Å². The van der Waals surface area contributed by atoms with Crippen LogP contribution in [0.5, 0.6) is 5.75 Å². The summed E-state index contributed by atoms with van der Waals surface area (Å²) < 4.78 is 42.4. The second kappa shape index (κ2) is 6.97. The molecule has 0 spiro atoms. The number of amides is 1. The second-order valence-corrected chi connectivity index (χ2v) is 5.01. The Balaban J connectivity index is 1.69. The van der Waals surface area contributed by atoms with E-state index in [2.05, 4.69) is 10.6 Å². The maximum atomic E-state index is 12.4. The highest BCUT2D eigenvalue weighted by atomic mass is 19.4. The number of aliphatic hydroxyl groups is 1. The van der Waals surface area contributed by atoms with Gasteiger partial charge in [0.05, 0.1) is 24.3 Å². The molecule has 1 aromatic carbocycles. The molecular weight excluding hydrogens is 301 g/mol. The molecule has 1 aliphatic rings. The molecule has 1 fully saturated rings. The van der Waals surface area contributed by atoms with Crippen LogP contribution >= 0.6 is 0 Å². The van der Waals surface area contributed by atoms with Gasteiger partial charge < -0.3 is 20.5 Å². The normalized spacial score (nSPS) is 21.6. The number of carbonyl (C=O) groups is 1. The lowest BCUT2D eigenvalue weighted by atomic mass is 10.2. The van der Waals surface area contributed by atoms with Crippen LogP contribution in [0.25, 0.3) is 0 Å². The molecule has 0 bridgehead atoms. The third-order valence-electron chi connectivity index (χ3n) is 3.28. The Labute approximate surface area is 125 Å². The smallest absolute Gasteiger partial charge is 0.416 e. The van der Waals surface area contributed by atoms with Crippen molar-refractivity contribution in [1.82, 2.24) is 10.6 Å². The maximum absolute atomic E-state index is 12.4. The molecule has 3 N–H and O–H groups in total. The molecule has 0 aromatic heterocycles. The van der Waals surface area contributed by atoms with Gasteiger partial charge in [-0.3, -0.25) is 4.79 Å². The van der Waals surface area contributed by atoms with Gasteiger partial charge in [0.15, 0.2) is 0 Å². The summed E-state index contributed by atoms with van der Waals surface area (Å²) in [5.41, 5.74) is -0.737. The molecule has 0 saturated carbocycles. The molecule has 0 unspecified atom stereocenters. The largest absolute Gasteiger partial charge is 0.492 e. The standard InChI is InChI=1S/C14H17F3N2O3/c15-14(16,17)9-1-3-11(4-2-9)22-6-5-18-13(21)12-7-10(20)8-19-12/h1-4,10,12,19-20H,5-8H2,(H,18,21)/t10-,12+/m1/s1. The van der Waals surface area contributed by atoms with Gasteiger partial charge in [-0.2, -0.15) is 13.2 Å². The predicted octanol–water partition coefficient (Wildman–Crippen LogP) is 0.923. The molecule has 1 amide bonds. The molecule has 1 aromatic rings. The Morgan fingerprint density at radius 3 is 2.59 bits per heavy atom. The van der Waals surface area contributed by atoms with E-state index in [4.69, 9.17) is 4.74 Å². The number of nitrogens with one attached hydrogen (secondary N) is 2. The number of alkyl halides is 3. The number of ether oxygens (including phenoxy) is 1. The summed E-state index contributed by atoms with van der Waals surface area (Å²) in [6.45, 7) is 0.765. The fourth-order valence-electron chi connectivity index (χ4n) is 2.12. The molecule has 122 valence electrons. The second-order valence-electron chi connectivity index (χ2n) is 5.01. The van der Waals surface area contributed by atoms with Gasteiger partial charge in [-0.25, -0.2) is 0 Å². The minimum absolute atomic E-state index is 0.145. The van der Waals surface area contributed by atoms with Crippen LogP contribution in [0.1, 0.15) is 12.0 Å². The van der Waals surface area contributed by atoms with E-state index in [-0.39, 0.29) is 19.1 Å². The van der Waals surface area contributed by atoms with E-state index in [0.29, 0.717) is 18.7 Å². The first-order valence-electron chi connectivity index (χ1n) is 6.85. The topological polar surface area (TPSA) is 70.6 Å². The highest BCUT2D eigenvalue weighted by Gasteiger charge is 2.30. The summed E-state index contributed by atoms with van der Waals surface area (Å²) in [5.74, 6) is 0.0734. The molecular formula is C14H17F3N2O3. The number of aliphatic hydroxyl groups excluding tert-OH is 1. The van der Waals surface area contributed by atoms with E-state index < -0.39 is 23.9 Å². The number of rotatable bonds is 5. The van der Waals surface area contributed by atoms with Gasteiger partial charge in [0.1, 0.15) is 12.4 Å². The predicted molar refractivity (Wildman–Crippen MR) is 72.4 cm³/mol. The Morgan fingerprint density at radius 1 is 1.36 bits per heavy atom. The lowest BCUT2D eigenvalue weighted by Gasteiger charge is -2.12. The molecule has 22 heavy (non-hydrogen) atoms. The van der Waals surface area contributed by atoms with Crippen LogP contribution in [0.3, 0.4) is 0 Å². The van der Waals surface area contributed by atoms with E-state index in [1.807, 2.05) is 0 Å². The van der Waals surface area contributed by atoms with E-state index in [9.17, 15) is 23.1 Å². The van der Waals surface area contributed by atoms with Crippen molar-refractivity contribution in [2.24, 2.45) is 0 Å². The maximum Gasteiger partial charge on any atom is 0.416 e. The minimum atomic E-state index is -4.37. The van der Waals surface area contributed by atoms with Crippen LogP contribution in [0, 0.1) is 0 Å². The summed E-state index contributed by atoms with van der Waals surface area (Å²) in [7, 11) is 0.